The highest BCUT2D eigenvalue weighted by molar-refractivity contribution is 7.99. The Balaban J connectivity index is 1.32. The molecule has 6 heteroatoms. The molecule has 2 aliphatic rings. The molecule has 1 aliphatic carbocycles. The number of pyridine rings is 1. The van der Waals surface area contributed by atoms with Gasteiger partial charge in [0.1, 0.15) is 0 Å². The van der Waals surface area contributed by atoms with Crippen LogP contribution in [0.5, 0.6) is 0 Å². The summed E-state index contributed by atoms with van der Waals surface area (Å²) in [5.41, 5.74) is 4.89. The quantitative estimate of drug-likeness (QED) is 0.342. The molecule has 1 aromatic heterocycles. The van der Waals surface area contributed by atoms with Crippen LogP contribution in [0.25, 0.3) is 10.9 Å². The van der Waals surface area contributed by atoms with Gasteiger partial charge in [0.05, 0.1) is 22.5 Å². The number of fused-ring (bicyclic) bond motifs is 4. The first-order valence-corrected chi connectivity index (χ1v) is 12.3. The third kappa shape index (κ3) is 3.55. The number of carbonyl (C=O) groups is 2. The van der Waals surface area contributed by atoms with Crippen molar-refractivity contribution >= 4 is 45.9 Å². The van der Waals surface area contributed by atoms with E-state index in [1.807, 2.05) is 72.8 Å². The largest absolute Gasteiger partial charge is 0.452 e. The Morgan fingerprint density at radius 1 is 0.853 bits per heavy atom. The van der Waals surface area contributed by atoms with Crippen molar-refractivity contribution in [1.82, 2.24) is 4.98 Å². The molecule has 2 heterocycles. The number of ether oxygens (including phenoxy) is 1. The topological polar surface area (TPSA) is 59.5 Å². The maximum absolute atomic E-state index is 13.4. The predicted molar refractivity (Wildman–Crippen MR) is 133 cm³/mol. The van der Waals surface area contributed by atoms with Gasteiger partial charge in [0.2, 0.25) is 0 Å². The molecule has 0 fully saturated rings. The van der Waals surface area contributed by atoms with E-state index in [-0.39, 0.29) is 12.5 Å². The van der Waals surface area contributed by atoms with Crippen molar-refractivity contribution in [2.45, 2.75) is 35.5 Å². The highest BCUT2D eigenvalue weighted by atomic mass is 32.2. The van der Waals surface area contributed by atoms with E-state index in [0.717, 1.165) is 69.0 Å². The van der Waals surface area contributed by atoms with Crippen LogP contribution in [0.15, 0.2) is 82.6 Å². The summed E-state index contributed by atoms with van der Waals surface area (Å²) in [4.78, 5) is 35.3. The molecule has 0 saturated heterocycles. The second kappa shape index (κ2) is 8.61. The van der Waals surface area contributed by atoms with Crippen LogP contribution >= 0.6 is 11.8 Å². The molecule has 0 atom stereocenters. The first-order chi connectivity index (χ1) is 16.7. The Morgan fingerprint density at radius 3 is 2.26 bits per heavy atom. The summed E-state index contributed by atoms with van der Waals surface area (Å²) in [6.45, 7) is -0.336. The minimum Gasteiger partial charge on any atom is -0.452 e. The molecule has 0 saturated carbocycles. The minimum atomic E-state index is -0.460. The second-order valence-corrected chi connectivity index (χ2v) is 9.56. The predicted octanol–water partition coefficient (Wildman–Crippen LogP) is 6.10. The summed E-state index contributed by atoms with van der Waals surface area (Å²) < 4.78 is 5.68. The lowest BCUT2D eigenvalue weighted by molar-refractivity contribution is -0.121. The highest BCUT2D eigenvalue weighted by Gasteiger charge is 2.29. The van der Waals surface area contributed by atoms with E-state index < -0.39 is 5.97 Å². The molecular weight excluding hydrogens is 444 g/mol. The summed E-state index contributed by atoms with van der Waals surface area (Å²) in [7, 11) is 0. The lowest BCUT2D eigenvalue weighted by Crippen LogP contribution is -2.32. The molecule has 3 aromatic carbocycles. The Bertz CT molecular complexity index is 1400. The highest BCUT2D eigenvalue weighted by Crippen LogP contribution is 2.47. The van der Waals surface area contributed by atoms with Gasteiger partial charge in [-0.1, -0.05) is 54.2 Å². The van der Waals surface area contributed by atoms with Crippen LogP contribution in [0.1, 0.15) is 34.5 Å². The smallest absolute Gasteiger partial charge is 0.339 e. The SMILES string of the molecule is O=C(OCC(=O)N1c2ccccc2Sc2ccccc21)c1c2c(nc3ccccc13)CCCC2. The summed E-state index contributed by atoms with van der Waals surface area (Å²) in [6, 6.07) is 23.2. The van der Waals surface area contributed by atoms with Gasteiger partial charge in [0.15, 0.2) is 6.61 Å². The van der Waals surface area contributed by atoms with E-state index >= 15 is 0 Å². The van der Waals surface area contributed by atoms with Gasteiger partial charge < -0.3 is 4.74 Å². The van der Waals surface area contributed by atoms with Gasteiger partial charge in [0, 0.05) is 20.9 Å². The van der Waals surface area contributed by atoms with Crippen molar-refractivity contribution < 1.29 is 14.3 Å². The number of rotatable bonds is 3. The molecule has 34 heavy (non-hydrogen) atoms. The molecule has 6 rings (SSSR count). The number of amides is 1. The van der Waals surface area contributed by atoms with E-state index in [4.69, 9.17) is 9.72 Å². The van der Waals surface area contributed by atoms with E-state index in [9.17, 15) is 9.59 Å². The fraction of sp³-hybridized carbons (Fsp3) is 0.179. The summed E-state index contributed by atoms with van der Waals surface area (Å²) in [5.74, 6) is -0.737. The molecule has 0 radical (unpaired) electrons. The number of nitrogens with zero attached hydrogens (tertiary/aromatic N) is 2. The van der Waals surface area contributed by atoms with Gasteiger partial charge in [-0.15, -0.1) is 0 Å². The van der Waals surface area contributed by atoms with Crippen molar-refractivity contribution in [3.63, 3.8) is 0 Å². The van der Waals surface area contributed by atoms with Crippen LogP contribution in [0.3, 0.4) is 0 Å². The zero-order chi connectivity index (χ0) is 23.1. The van der Waals surface area contributed by atoms with Gasteiger partial charge >= 0.3 is 5.97 Å². The fourth-order valence-electron chi connectivity index (χ4n) is 4.84. The van der Waals surface area contributed by atoms with Gasteiger partial charge in [-0.2, -0.15) is 0 Å². The third-order valence-corrected chi connectivity index (χ3v) is 7.51. The number of hydrogen-bond donors (Lipinski definition) is 0. The number of hydrogen-bond acceptors (Lipinski definition) is 5. The Hall–Kier alpha value is -3.64. The molecule has 168 valence electrons. The van der Waals surface area contributed by atoms with Crippen LogP contribution in [0.4, 0.5) is 11.4 Å². The van der Waals surface area contributed by atoms with Gasteiger partial charge in [0.25, 0.3) is 5.91 Å². The van der Waals surface area contributed by atoms with E-state index in [1.165, 1.54) is 0 Å². The van der Waals surface area contributed by atoms with E-state index in [0.29, 0.717) is 5.56 Å². The van der Waals surface area contributed by atoms with Crippen molar-refractivity contribution in [3.8, 4) is 0 Å². The molecule has 4 aromatic rings. The van der Waals surface area contributed by atoms with Crippen molar-refractivity contribution in [3.05, 3.63) is 89.6 Å². The number of carbonyl (C=O) groups excluding carboxylic acids is 2. The number of aromatic nitrogens is 1. The Morgan fingerprint density at radius 2 is 1.50 bits per heavy atom. The molecule has 1 amide bonds. The second-order valence-electron chi connectivity index (χ2n) is 8.48. The third-order valence-electron chi connectivity index (χ3n) is 6.38. The summed E-state index contributed by atoms with van der Waals surface area (Å²) in [5, 5.41) is 0.783. The van der Waals surface area contributed by atoms with Crippen LogP contribution in [-0.4, -0.2) is 23.5 Å². The summed E-state index contributed by atoms with van der Waals surface area (Å²) >= 11 is 1.63. The Labute approximate surface area is 201 Å². The minimum absolute atomic E-state index is 0.277. The summed E-state index contributed by atoms with van der Waals surface area (Å²) in [6.07, 6.45) is 3.75. The van der Waals surface area contributed by atoms with Crippen LogP contribution < -0.4 is 4.90 Å². The Kier molecular flexibility index (Phi) is 5.30. The number of para-hydroxylation sites is 3. The van der Waals surface area contributed by atoms with Crippen LogP contribution in [-0.2, 0) is 22.4 Å². The number of anilines is 2. The lowest BCUT2D eigenvalue weighted by atomic mass is 9.90. The zero-order valence-corrected chi connectivity index (χ0v) is 19.3. The maximum atomic E-state index is 13.4. The maximum Gasteiger partial charge on any atom is 0.339 e. The lowest BCUT2D eigenvalue weighted by Gasteiger charge is -2.30. The zero-order valence-electron chi connectivity index (χ0n) is 18.5. The van der Waals surface area contributed by atoms with E-state index in [1.54, 1.807) is 16.7 Å². The average Bonchev–Trinajstić information content (AvgIpc) is 2.88. The van der Waals surface area contributed by atoms with Crippen molar-refractivity contribution in [2.24, 2.45) is 0 Å². The molecule has 0 unspecified atom stereocenters. The van der Waals surface area contributed by atoms with E-state index in [2.05, 4.69) is 0 Å². The van der Waals surface area contributed by atoms with Crippen molar-refractivity contribution in [1.29, 1.82) is 0 Å². The van der Waals surface area contributed by atoms with Gasteiger partial charge in [-0.05, 0) is 61.6 Å². The first-order valence-electron chi connectivity index (χ1n) is 11.5. The van der Waals surface area contributed by atoms with Crippen LogP contribution in [0.2, 0.25) is 0 Å². The average molecular weight is 467 g/mol. The molecular formula is C28H22N2O3S. The normalized spacial score (nSPS) is 14.2. The number of esters is 1. The molecule has 5 nitrogen and oxygen atoms in total. The number of benzene rings is 3. The number of aryl methyl sites for hydroxylation is 1. The fourth-order valence-corrected chi connectivity index (χ4v) is 5.90. The molecule has 1 aliphatic heterocycles. The van der Waals surface area contributed by atoms with Gasteiger partial charge in [-0.25, -0.2) is 4.79 Å². The monoisotopic (exact) mass is 466 g/mol. The van der Waals surface area contributed by atoms with Crippen molar-refractivity contribution in [2.75, 3.05) is 11.5 Å². The van der Waals surface area contributed by atoms with Crippen LogP contribution in [0, 0.1) is 0 Å². The molecule has 0 spiro atoms. The first kappa shape index (κ1) is 20.9. The molecule has 0 N–H and O–H groups in total. The standard InChI is InChI=1S/C28H22N2O3S/c31-26(30-22-13-5-7-15-24(22)34-25-16-8-6-14-23(25)30)17-33-28(32)27-18-9-1-3-11-20(18)29-21-12-4-2-10-19(21)27/h1,3,5-9,11,13-16H,2,4,10,12,17H2. The van der Waals surface area contributed by atoms with Gasteiger partial charge in [-0.3, -0.25) is 14.7 Å². The molecule has 0 bridgehead atoms.